The van der Waals surface area contributed by atoms with E-state index in [9.17, 15) is 4.79 Å². The monoisotopic (exact) mass is 222 g/mol. The molecular formula is C13H22N2O. The van der Waals surface area contributed by atoms with Crippen molar-refractivity contribution in [2.24, 2.45) is 11.7 Å². The van der Waals surface area contributed by atoms with Crippen LogP contribution in [-0.4, -0.2) is 29.4 Å². The van der Waals surface area contributed by atoms with Crippen LogP contribution in [0.1, 0.15) is 39.0 Å². The second-order valence-corrected chi connectivity index (χ2v) is 5.19. The number of carbonyl (C=O) groups is 1. The molecule has 1 aliphatic heterocycles. The highest BCUT2D eigenvalue weighted by molar-refractivity contribution is 5.77. The highest BCUT2D eigenvalue weighted by Gasteiger charge is 2.28. The molecule has 1 aliphatic carbocycles. The van der Waals surface area contributed by atoms with E-state index in [-0.39, 0.29) is 6.04 Å². The molecule has 90 valence electrons. The number of rotatable bonds is 2. The van der Waals surface area contributed by atoms with Crippen molar-refractivity contribution < 1.29 is 4.79 Å². The van der Waals surface area contributed by atoms with Crippen LogP contribution in [-0.2, 0) is 4.79 Å². The standard InChI is InChI=1S/C13H22N2O/c1-10-8-12(14)6-7-15(10)13(16)9-11-4-2-3-5-11/h2,4,10-12H,3,5-9,14H2,1H3. The van der Waals surface area contributed by atoms with Gasteiger partial charge in [0.2, 0.25) is 5.91 Å². The highest BCUT2D eigenvalue weighted by Crippen LogP contribution is 2.24. The minimum absolute atomic E-state index is 0.283. The van der Waals surface area contributed by atoms with Gasteiger partial charge >= 0.3 is 0 Å². The minimum atomic E-state index is 0.283. The van der Waals surface area contributed by atoms with Crippen LogP contribution >= 0.6 is 0 Å². The summed E-state index contributed by atoms with van der Waals surface area (Å²) in [5, 5.41) is 0. The summed E-state index contributed by atoms with van der Waals surface area (Å²) < 4.78 is 0. The van der Waals surface area contributed by atoms with Crippen LogP contribution in [0.15, 0.2) is 12.2 Å². The Labute approximate surface area is 97.7 Å². The Kier molecular flexibility index (Phi) is 3.64. The summed E-state index contributed by atoms with van der Waals surface area (Å²) in [7, 11) is 0. The molecule has 0 aromatic carbocycles. The van der Waals surface area contributed by atoms with Gasteiger partial charge < -0.3 is 10.6 Å². The SMILES string of the molecule is CC1CC(N)CCN1C(=O)CC1C=CCC1. The number of nitrogens with two attached hydrogens (primary N) is 1. The summed E-state index contributed by atoms with van der Waals surface area (Å²) in [5.74, 6) is 0.797. The fourth-order valence-electron chi connectivity index (χ4n) is 2.79. The molecule has 1 saturated heterocycles. The molecule has 16 heavy (non-hydrogen) atoms. The van der Waals surface area contributed by atoms with Gasteiger partial charge in [0.15, 0.2) is 0 Å². The lowest BCUT2D eigenvalue weighted by Gasteiger charge is -2.36. The number of allylic oxidation sites excluding steroid dienone is 2. The minimum Gasteiger partial charge on any atom is -0.340 e. The van der Waals surface area contributed by atoms with Crippen LogP contribution < -0.4 is 5.73 Å². The maximum absolute atomic E-state index is 12.1. The zero-order chi connectivity index (χ0) is 11.5. The van der Waals surface area contributed by atoms with E-state index in [1.165, 1.54) is 0 Å². The third kappa shape index (κ3) is 2.64. The van der Waals surface area contributed by atoms with Gasteiger partial charge in [-0.1, -0.05) is 12.2 Å². The van der Waals surface area contributed by atoms with Crippen molar-refractivity contribution in [1.29, 1.82) is 0 Å². The molecule has 1 fully saturated rings. The zero-order valence-corrected chi connectivity index (χ0v) is 10.1. The zero-order valence-electron chi connectivity index (χ0n) is 10.1. The number of nitrogens with zero attached hydrogens (tertiary/aromatic N) is 1. The molecular weight excluding hydrogens is 200 g/mol. The number of carbonyl (C=O) groups excluding carboxylic acids is 1. The molecule has 3 nitrogen and oxygen atoms in total. The van der Waals surface area contributed by atoms with Gasteiger partial charge in [0.25, 0.3) is 0 Å². The molecule has 1 amide bonds. The predicted molar refractivity (Wildman–Crippen MR) is 64.9 cm³/mol. The third-order valence-electron chi connectivity index (χ3n) is 3.79. The van der Waals surface area contributed by atoms with E-state index in [0.717, 1.165) is 32.2 Å². The Bertz CT molecular complexity index is 288. The average Bonchev–Trinajstić information content (AvgIpc) is 2.70. The summed E-state index contributed by atoms with van der Waals surface area (Å²) in [6, 6.07) is 0.604. The number of amides is 1. The summed E-state index contributed by atoms with van der Waals surface area (Å²) in [6.07, 6.45) is 9.26. The Morgan fingerprint density at radius 1 is 1.50 bits per heavy atom. The number of likely N-dealkylation sites (tertiary alicyclic amines) is 1. The molecule has 2 N–H and O–H groups in total. The molecule has 3 atom stereocenters. The van der Waals surface area contributed by atoms with Gasteiger partial charge in [-0.25, -0.2) is 0 Å². The second kappa shape index (κ2) is 5.00. The van der Waals surface area contributed by atoms with Crippen molar-refractivity contribution in [3.05, 3.63) is 12.2 Å². The van der Waals surface area contributed by atoms with Crippen LogP contribution in [0.2, 0.25) is 0 Å². The van der Waals surface area contributed by atoms with Crippen molar-refractivity contribution in [1.82, 2.24) is 4.90 Å². The first kappa shape index (κ1) is 11.6. The van der Waals surface area contributed by atoms with E-state index < -0.39 is 0 Å². The predicted octanol–water partition coefficient (Wildman–Crippen LogP) is 1.68. The van der Waals surface area contributed by atoms with E-state index in [4.69, 9.17) is 5.73 Å². The Hall–Kier alpha value is -0.830. The van der Waals surface area contributed by atoms with Crippen LogP contribution in [0.25, 0.3) is 0 Å². The summed E-state index contributed by atoms with van der Waals surface area (Å²) in [4.78, 5) is 14.1. The molecule has 0 radical (unpaired) electrons. The second-order valence-electron chi connectivity index (χ2n) is 5.19. The number of piperidine rings is 1. The lowest BCUT2D eigenvalue weighted by Crippen LogP contribution is -2.48. The molecule has 3 heteroatoms. The lowest BCUT2D eigenvalue weighted by atomic mass is 9.97. The maximum atomic E-state index is 12.1. The van der Waals surface area contributed by atoms with Gasteiger partial charge in [0, 0.05) is 25.0 Å². The molecule has 2 rings (SSSR count). The van der Waals surface area contributed by atoms with Crippen LogP contribution in [0.4, 0.5) is 0 Å². The van der Waals surface area contributed by atoms with Crippen molar-refractivity contribution in [2.75, 3.05) is 6.54 Å². The summed E-state index contributed by atoms with van der Waals surface area (Å²) >= 11 is 0. The van der Waals surface area contributed by atoms with Crippen molar-refractivity contribution in [2.45, 2.75) is 51.1 Å². The Balaban J connectivity index is 1.86. The number of hydrogen-bond acceptors (Lipinski definition) is 2. The maximum Gasteiger partial charge on any atom is 0.223 e. The van der Waals surface area contributed by atoms with Gasteiger partial charge in [0.05, 0.1) is 0 Å². The first-order valence-corrected chi connectivity index (χ1v) is 6.38. The van der Waals surface area contributed by atoms with Crippen LogP contribution in [0, 0.1) is 5.92 Å². The fraction of sp³-hybridized carbons (Fsp3) is 0.769. The number of hydrogen-bond donors (Lipinski definition) is 1. The molecule has 0 saturated carbocycles. The molecule has 0 bridgehead atoms. The summed E-state index contributed by atoms with van der Waals surface area (Å²) in [5.41, 5.74) is 5.90. The van der Waals surface area contributed by atoms with Crippen molar-refractivity contribution in [3.63, 3.8) is 0 Å². The van der Waals surface area contributed by atoms with E-state index in [1.54, 1.807) is 0 Å². The van der Waals surface area contributed by atoms with Gasteiger partial charge in [-0.3, -0.25) is 4.79 Å². The van der Waals surface area contributed by atoms with Crippen LogP contribution in [0.5, 0.6) is 0 Å². The van der Waals surface area contributed by atoms with E-state index in [0.29, 0.717) is 24.3 Å². The average molecular weight is 222 g/mol. The summed E-state index contributed by atoms with van der Waals surface area (Å²) in [6.45, 7) is 2.96. The topological polar surface area (TPSA) is 46.3 Å². The lowest BCUT2D eigenvalue weighted by molar-refractivity contribution is -0.135. The van der Waals surface area contributed by atoms with Gasteiger partial charge in [-0.05, 0) is 38.5 Å². The molecule has 2 aliphatic rings. The van der Waals surface area contributed by atoms with E-state index in [1.807, 2.05) is 4.90 Å². The molecule has 0 aromatic heterocycles. The molecule has 3 unspecified atom stereocenters. The van der Waals surface area contributed by atoms with Crippen molar-refractivity contribution in [3.8, 4) is 0 Å². The van der Waals surface area contributed by atoms with Crippen LogP contribution in [0.3, 0.4) is 0 Å². The quantitative estimate of drug-likeness (QED) is 0.723. The highest BCUT2D eigenvalue weighted by atomic mass is 16.2. The first-order chi connectivity index (χ1) is 7.66. The third-order valence-corrected chi connectivity index (χ3v) is 3.79. The normalized spacial score (nSPS) is 34.4. The van der Waals surface area contributed by atoms with Crippen molar-refractivity contribution >= 4 is 5.91 Å². The first-order valence-electron chi connectivity index (χ1n) is 6.38. The Morgan fingerprint density at radius 3 is 2.94 bits per heavy atom. The van der Waals surface area contributed by atoms with E-state index in [2.05, 4.69) is 19.1 Å². The molecule has 1 heterocycles. The van der Waals surface area contributed by atoms with Gasteiger partial charge in [-0.15, -0.1) is 0 Å². The molecule has 0 spiro atoms. The largest absolute Gasteiger partial charge is 0.340 e. The Morgan fingerprint density at radius 2 is 2.31 bits per heavy atom. The van der Waals surface area contributed by atoms with E-state index >= 15 is 0 Å². The van der Waals surface area contributed by atoms with Gasteiger partial charge in [0.1, 0.15) is 0 Å². The van der Waals surface area contributed by atoms with Gasteiger partial charge in [-0.2, -0.15) is 0 Å². The molecule has 0 aromatic rings. The fourth-order valence-corrected chi connectivity index (χ4v) is 2.79. The smallest absolute Gasteiger partial charge is 0.223 e.